The summed E-state index contributed by atoms with van der Waals surface area (Å²) < 4.78 is 12.6. The number of nitrogen functional groups attached to an aromatic ring is 1. The smallest absolute Gasteiger partial charge is 0.208 e. The quantitative estimate of drug-likeness (QED) is 0.471. The van der Waals surface area contributed by atoms with E-state index in [4.69, 9.17) is 23.9 Å². The summed E-state index contributed by atoms with van der Waals surface area (Å²) in [5.41, 5.74) is 5.22. The van der Waals surface area contributed by atoms with Crippen LogP contribution in [-0.2, 0) is 0 Å². The molecule has 0 spiro atoms. The van der Waals surface area contributed by atoms with Crippen molar-refractivity contribution in [1.29, 1.82) is 0 Å². The molecule has 0 aliphatic carbocycles. The van der Waals surface area contributed by atoms with Crippen LogP contribution in [-0.4, -0.2) is 0 Å². The third kappa shape index (κ3) is 1.41. The molecule has 1 rings (SSSR count). The molecule has 2 N–H and O–H groups in total. The first-order valence-corrected chi connectivity index (χ1v) is 3.15. The Balaban J connectivity index is 3.35. The Morgan fingerprint density at radius 2 is 2.18 bits per heavy atom. The van der Waals surface area contributed by atoms with Gasteiger partial charge < -0.3 is 5.73 Å². The summed E-state index contributed by atoms with van der Waals surface area (Å²) in [4.78, 5) is 2.99. The molecule has 2 nitrogen and oxygen atoms in total. The number of halogens is 2. The van der Waals surface area contributed by atoms with Crippen molar-refractivity contribution >= 4 is 23.0 Å². The molecule has 0 saturated carbocycles. The van der Waals surface area contributed by atoms with E-state index >= 15 is 0 Å². The lowest BCUT2D eigenvalue weighted by molar-refractivity contribution is 0.633. The van der Waals surface area contributed by atoms with Crippen LogP contribution < -0.4 is 5.73 Å². The van der Waals surface area contributed by atoms with Crippen LogP contribution in [0.25, 0.3) is 4.85 Å². The van der Waals surface area contributed by atoms with Crippen molar-refractivity contribution in [2.45, 2.75) is 0 Å². The molecular formula is C7H4ClFN2. The van der Waals surface area contributed by atoms with E-state index < -0.39 is 5.82 Å². The van der Waals surface area contributed by atoms with Crippen molar-refractivity contribution in [2.24, 2.45) is 0 Å². The predicted molar refractivity (Wildman–Crippen MR) is 42.1 cm³/mol. The van der Waals surface area contributed by atoms with E-state index in [2.05, 4.69) is 4.85 Å². The molecule has 0 bridgehead atoms. The van der Waals surface area contributed by atoms with Gasteiger partial charge in [-0.05, 0) is 12.1 Å². The summed E-state index contributed by atoms with van der Waals surface area (Å²) in [5, 5.41) is 0.180. The Kier molecular flexibility index (Phi) is 1.97. The van der Waals surface area contributed by atoms with Gasteiger partial charge in [0.2, 0.25) is 5.69 Å². The molecular weight excluding hydrogens is 167 g/mol. The summed E-state index contributed by atoms with van der Waals surface area (Å²) in [5.74, 6) is -0.611. The Morgan fingerprint density at radius 1 is 1.55 bits per heavy atom. The van der Waals surface area contributed by atoms with E-state index in [-0.39, 0.29) is 16.4 Å². The van der Waals surface area contributed by atoms with Crippen LogP contribution in [0.15, 0.2) is 12.1 Å². The first-order chi connectivity index (χ1) is 5.15. The molecule has 0 aliphatic rings. The number of nitrogens with two attached hydrogens (primary N) is 1. The minimum absolute atomic E-state index is 0.0394. The van der Waals surface area contributed by atoms with Crippen LogP contribution in [0, 0.1) is 12.4 Å². The zero-order valence-electron chi connectivity index (χ0n) is 5.44. The normalized spacial score (nSPS) is 9.18. The molecule has 0 unspecified atom stereocenters. The molecule has 11 heavy (non-hydrogen) atoms. The molecule has 0 amide bonds. The minimum atomic E-state index is -0.611. The second kappa shape index (κ2) is 2.77. The largest absolute Gasteiger partial charge is 0.396 e. The van der Waals surface area contributed by atoms with E-state index in [1.165, 1.54) is 6.07 Å². The van der Waals surface area contributed by atoms with Crippen LogP contribution in [0.3, 0.4) is 0 Å². The fraction of sp³-hybridized carbons (Fsp3) is 0. The van der Waals surface area contributed by atoms with Crippen LogP contribution >= 0.6 is 11.6 Å². The molecule has 0 heterocycles. The molecule has 4 heteroatoms. The molecule has 0 fully saturated rings. The summed E-state index contributed by atoms with van der Waals surface area (Å²) in [6.45, 7) is 6.58. The van der Waals surface area contributed by atoms with E-state index in [0.29, 0.717) is 0 Å². The zero-order valence-corrected chi connectivity index (χ0v) is 6.19. The molecule has 0 atom stereocenters. The maximum atomic E-state index is 12.6. The Labute approximate surface area is 68.2 Å². The lowest BCUT2D eigenvalue weighted by Gasteiger charge is -1.98. The predicted octanol–water partition coefficient (Wildman–Crippen LogP) is 2.61. The van der Waals surface area contributed by atoms with Gasteiger partial charge >= 0.3 is 0 Å². The molecule has 0 saturated heterocycles. The highest BCUT2D eigenvalue weighted by molar-refractivity contribution is 6.33. The lowest BCUT2D eigenvalue weighted by atomic mass is 10.3. The van der Waals surface area contributed by atoms with Gasteiger partial charge in [0.15, 0.2) is 0 Å². The standard InChI is InChI=1S/C7H4ClFN2/c1-11-7-3-5(9)6(10)2-4(7)8/h2-3H,10H2. The first-order valence-electron chi connectivity index (χ1n) is 2.77. The number of nitrogens with zero attached hydrogens (tertiary/aromatic N) is 1. The van der Waals surface area contributed by atoms with Gasteiger partial charge in [0, 0.05) is 5.02 Å². The highest BCUT2D eigenvalue weighted by Crippen LogP contribution is 2.28. The van der Waals surface area contributed by atoms with E-state index in [9.17, 15) is 4.39 Å². The Bertz CT molecular complexity index is 330. The summed E-state index contributed by atoms with van der Waals surface area (Å²) in [6, 6.07) is 2.24. The first kappa shape index (κ1) is 7.83. The van der Waals surface area contributed by atoms with Crippen LogP contribution in [0.1, 0.15) is 0 Å². The highest BCUT2D eigenvalue weighted by atomic mass is 35.5. The number of rotatable bonds is 0. The maximum absolute atomic E-state index is 12.6. The third-order valence-corrected chi connectivity index (χ3v) is 1.49. The maximum Gasteiger partial charge on any atom is 0.208 e. The summed E-state index contributed by atoms with van der Waals surface area (Å²) in [6.07, 6.45) is 0. The van der Waals surface area contributed by atoms with Crippen LogP contribution in [0.4, 0.5) is 15.8 Å². The van der Waals surface area contributed by atoms with Gasteiger partial charge in [-0.1, -0.05) is 11.6 Å². The van der Waals surface area contributed by atoms with Gasteiger partial charge in [0.1, 0.15) is 5.82 Å². The van der Waals surface area contributed by atoms with E-state index in [1.54, 1.807) is 0 Å². The molecule has 0 radical (unpaired) electrons. The van der Waals surface area contributed by atoms with E-state index in [1.807, 2.05) is 0 Å². The summed E-state index contributed by atoms with van der Waals surface area (Å²) in [7, 11) is 0. The summed E-state index contributed by atoms with van der Waals surface area (Å²) >= 11 is 5.54. The van der Waals surface area contributed by atoms with Crippen molar-refractivity contribution in [1.82, 2.24) is 0 Å². The number of hydrogen-bond acceptors (Lipinski definition) is 1. The topological polar surface area (TPSA) is 30.4 Å². The van der Waals surface area contributed by atoms with Crippen molar-refractivity contribution in [3.8, 4) is 0 Å². The SMILES string of the molecule is [C-]#[N+]c1cc(F)c(N)cc1Cl. The van der Waals surface area contributed by atoms with Crippen LogP contribution in [0.2, 0.25) is 5.02 Å². The van der Waals surface area contributed by atoms with Gasteiger partial charge in [-0.2, -0.15) is 0 Å². The number of benzene rings is 1. The van der Waals surface area contributed by atoms with Gasteiger partial charge in [0.25, 0.3) is 0 Å². The highest BCUT2D eigenvalue weighted by Gasteiger charge is 2.04. The lowest BCUT2D eigenvalue weighted by Crippen LogP contribution is -1.88. The Morgan fingerprint density at radius 3 is 2.73 bits per heavy atom. The van der Waals surface area contributed by atoms with Gasteiger partial charge in [-0.3, -0.25) is 0 Å². The van der Waals surface area contributed by atoms with Crippen LogP contribution in [0.5, 0.6) is 0 Å². The van der Waals surface area contributed by atoms with Crippen molar-refractivity contribution in [2.75, 3.05) is 5.73 Å². The molecule has 0 aliphatic heterocycles. The Hall–Kier alpha value is -1.27. The monoisotopic (exact) mass is 170 g/mol. The van der Waals surface area contributed by atoms with Crippen molar-refractivity contribution < 1.29 is 4.39 Å². The molecule has 1 aromatic carbocycles. The molecule has 0 aromatic heterocycles. The van der Waals surface area contributed by atoms with Gasteiger partial charge in [-0.25, -0.2) is 9.24 Å². The fourth-order valence-electron chi connectivity index (χ4n) is 0.637. The van der Waals surface area contributed by atoms with Crippen molar-refractivity contribution in [3.05, 3.63) is 34.4 Å². The average molecular weight is 171 g/mol. The molecule has 56 valence electrons. The number of hydrogen-bond donors (Lipinski definition) is 1. The van der Waals surface area contributed by atoms with Gasteiger partial charge in [-0.15, -0.1) is 0 Å². The second-order valence-electron chi connectivity index (χ2n) is 1.94. The van der Waals surface area contributed by atoms with Crippen molar-refractivity contribution in [3.63, 3.8) is 0 Å². The minimum Gasteiger partial charge on any atom is -0.396 e. The number of anilines is 1. The average Bonchev–Trinajstić information content (AvgIpc) is 1.97. The van der Waals surface area contributed by atoms with Gasteiger partial charge in [0.05, 0.1) is 12.3 Å². The zero-order chi connectivity index (χ0) is 8.43. The second-order valence-corrected chi connectivity index (χ2v) is 2.34. The fourth-order valence-corrected chi connectivity index (χ4v) is 0.852. The third-order valence-electron chi connectivity index (χ3n) is 1.19. The van der Waals surface area contributed by atoms with E-state index in [0.717, 1.165) is 6.07 Å². The molecule has 1 aromatic rings.